The zero-order valence-corrected chi connectivity index (χ0v) is 12.1. The fraction of sp³-hybridized carbons (Fsp3) is 1.00. The van der Waals surface area contributed by atoms with Crippen molar-refractivity contribution < 1.29 is 0 Å². The summed E-state index contributed by atoms with van der Waals surface area (Å²) in [6.45, 7) is 13.4. The molecule has 100 valence electrons. The van der Waals surface area contributed by atoms with Crippen molar-refractivity contribution in [1.82, 2.24) is 10.2 Å². The largest absolute Gasteiger partial charge is 0.316 e. The summed E-state index contributed by atoms with van der Waals surface area (Å²) in [4.78, 5) is 2.82. The molecule has 1 N–H and O–H groups in total. The Morgan fingerprint density at radius 2 is 1.94 bits per heavy atom. The van der Waals surface area contributed by atoms with Gasteiger partial charge in [-0.15, -0.1) is 0 Å². The van der Waals surface area contributed by atoms with Crippen LogP contribution in [-0.4, -0.2) is 36.6 Å². The second kappa shape index (κ2) is 5.71. The lowest BCUT2D eigenvalue weighted by atomic mass is 9.92. The minimum absolute atomic E-state index is 0.785. The number of nitrogens with one attached hydrogen (secondary N) is 1. The van der Waals surface area contributed by atoms with Crippen LogP contribution in [0.2, 0.25) is 0 Å². The van der Waals surface area contributed by atoms with Crippen LogP contribution in [0.3, 0.4) is 0 Å². The maximum atomic E-state index is 3.57. The van der Waals surface area contributed by atoms with Gasteiger partial charge in [0.2, 0.25) is 0 Å². The van der Waals surface area contributed by atoms with Gasteiger partial charge in [0.25, 0.3) is 0 Å². The second-order valence-corrected chi connectivity index (χ2v) is 6.57. The average Bonchev–Trinajstić information content (AvgIpc) is 2.84. The van der Waals surface area contributed by atoms with E-state index in [9.17, 15) is 0 Å². The Hall–Kier alpha value is -0.0800. The predicted molar refractivity (Wildman–Crippen MR) is 74.2 cm³/mol. The minimum atomic E-state index is 0.785. The zero-order valence-electron chi connectivity index (χ0n) is 12.1. The SMILES string of the molecule is CCC1C2CNCC2CN1C(C)CCC(C)C. The first kappa shape index (κ1) is 13.4. The number of likely N-dealkylation sites (tertiary alicyclic amines) is 1. The third kappa shape index (κ3) is 2.85. The van der Waals surface area contributed by atoms with Gasteiger partial charge in [-0.05, 0) is 57.0 Å². The van der Waals surface area contributed by atoms with E-state index in [0.717, 1.165) is 29.8 Å². The molecule has 4 atom stereocenters. The van der Waals surface area contributed by atoms with Crippen LogP contribution in [0.4, 0.5) is 0 Å². The van der Waals surface area contributed by atoms with Gasteiger partial charge in [-0.2, -0.15) is 0 Å². The highest BCUT2D eigenvalue weighted by Gasteiger charge is 2.44. The Morgan fingerprint density at radius 1 is 1.18 bits per heavy atom. The molecule has 17 heavy (non-hydrogen) atoms. The number of hydrogen-bond acceptors (Lipinski definition) is 2. The maximum Gasteiger partial charge on any atom is 0.0140 e. The summed E-state index contributed by atoms with van der Waals surface area (Å²) in [5.41, 5.74) is 0. The molecule has 2 saturated heterocycles. The second-order valence-electron chi connectivity index (χ2n) is 6.57. The molecule has 2 aliphatic heterocycles. The Morgan fingerprint density at radius 3 is 2.59 bits per heavy atom. The molecule has 0 aromatic carbocycles. The molecular formula is C15H30N2. The van der Waals surface area contributed by atoms with E-state index in [1.54, 1.807) is 0 Å². The van der Waals surface area contributed by atoms with Gasteiger partial charge in [-0.25, -0.2) is 0 Å². The van der Waals surface area contributed by atoms with Crippen LogP contribution in [0, 0.1) is 17.8 Å². The summed E-state index contributed by atoms with van der Waals surface area (Å²) in [6.07, 6.45) is 4.08. The summed E-state index contributed by atoms with van der Waals surface area (Å²) >= 11 is 0. The Labute approximate surface area is 107 Å². The summed E-state index contributed by atoms with van der Waals surface area (Å²) in [5.74, 6) is 2.71. The molecule has 0 radical (unpaired) electrons. The molecule has 0 spiro atoms. The van der Waals surface area contributed by atoms with E-state index >= 15 is 0 Å². The van der Waals surface area contributed by atoms with Crippen molar-refractivity contribution in [2.75, 3.05) is 19.6 Å². The fourth-order valence-electron chi connectivity index (χ4n) is 3.84. The first-order valence-corrected chi connectivity index (χ1v) is 7.60. The zero-order chi connectivity index (χ0) is 12.4. The molecule has 2 heteroatoms. The van der Waals surface area contributed by atoms with Crippen LogP contribution >= 0.6 is 0 Å². The normalized spacial score (nSPS) is 35.5. The van der Waals surface area contributed by atoms with E-state index < -0.39 is 0 Å². The molecule has 0 saturated carbocycles. The lowest BCUT2D eigenvalue weighted by molar-refractivity contribution is 0.153. The van der Waals surface area contributed by atoms with Crippen molar-refractivity contribution in [1.29, 1.82) is 0 Å². The van der Waals surface area contributed by atoms with Gasteiger partial charge < -0.3 is 5.32 Å². The maximum absolute atomic E-state index is 3.57. The van der Waals surface area contributed by atoms with E-state index in [0.29, 0.717) is 0 Å². The average molecular weight is 238 g/mol. The molecule has 2 nitrogen and oxygen atoms in total. The Balaban J connectivity index is 1.91. The van der Waals surface area contributed by atoms with Gasteiger partial charge in [0.05, 0.1) is 0 Å². The van der Waals surface area contributed by atoms with Crippen molar-refractivity contribution in [3.05, 3.63) is 0 Å². The Bertz CT molecular complexity index is 239. The molecule has 0 aromatic heterocycles. The van der Waals surface area contributed by atoms with Crippen molar-refractivity contribution in [2.24, 2.45) is 17.8 Å². The summed E-state index contributed by atoms with van der Waals surface area (Å²) in [7, 11) is 0. The quantitative estimate of drug-likeness (QED) is 0.792. The van der Waals surface area contributed by atoms with E-state index in [1.165, 1.54) is 38.9 Å². The van der Waals surface area contributed by atoms with Crippen molar-refractivity contribution in [3.63, 3.8) is 0 Å². The van der Waals surface area contributed by atoms with Gasteiger partial charge in [0.15, 0.2) is 0 Å². The monoisotopic (exact) mass is 238 g/mol. The number of rotatable bonds is 5. The van der Waals surface area contributed by atoms with Gasteiger partial charge >= 0.3 is 0 Å². The van der Waals surface area contributed by atoms with Crippen molar-refractivity contribution >= 4 is 0 Å². The first-order chi connectivity index (χ1) is 8.13. The van der Waals surface area contributed by atoms with E-state index in [1.807, 2.05) is 0 Å². The van der Waals surface area contributed by atoms with Gasteiger partial charge in [0, 0.05) is 18.6 Å². The standard InChI is InChI=1S/C15H30N2/c1-5-15-14-9-16-8-13(14)10-17(15)12(4)7-6-11(2)3/h11-16H,5-10H2,1-4H3. The molecule has 0 bridgehead atoms. The highest BCUT2D eigenvalue weighted by Crippen LogP contribution is 2.36. The molecule has 2 fully saturated rings. The first-order valence-electron chi connectivity index (χ1n) is 7.60. The molecule has 0 amide bonds. The van der Waals surface area contributed by atoms with E-state index in [4.69, 9.17) is 0 Å². The van der Waals surface area contributed by atoms with Crippen LogP contribution in [0.25, 0.3) is 0 Å². The molecule has 0 aliphatic carbocycles. The van der Waals surface area contributed by atoms with Gasteiger partial charge in [-0.3, -0.25) is 4.90 Å². The molecule has 2 rings (SSSR count). The summed E-state index contributed by atoms with van der Waals surface area (Å²) in [6, 6.07) is 1.63. The fourth-order valence-corrected chi connectivity index (χ4v) is 3.84. The summed E-state index contributed by atoms with van der Waals surface area (Å²) in [5, 5.41) is 3.57. The molecule has 0 aromatic rings. The predicted octanol–water partition coefficient (Wildman–Crippen LogP) is 2.74. The van der Waals surface area contributed by atoms with Crippen molar-refractivity contribution in [3.8, 4) is 0 Å². The van der Waals surface area contributed by atoms with Crippen LogP contribution in [0.1, 0.15) is 47.0 Å². The molecule has 4 unspecified atom stereocenters. The highest BCUT2D eigenvalue weighted by molar-refractivity contribution is 4.99. The Kier molecular flexibility index (Phi) is 4.48. The molecule has 2 aliphatic rings. The topological polar surface area (TPSA) is 15.3 Å². The third-order valence-electron chi connectivity index (χ3n) is 4.90. The number of nitrogens with zero attached hydrogens (tertiary/aromatic N) is 1. The molecular weight excluding hydrogens is 208 g/mol. The lowest BCUT2D eigenvalue weighted by Crippen LogP contribution is -2.41. The van der Waals surface area contributed by atoms with E-state index in [-0.39, 0.29) is 0 Å². The minimum Gasteiger partial charge on any atom is -0.316 e. The third-order valence-corrected chi connectivity index (χ3v) is 4.90. The van der Waals surface area contributed by atoms with Crippen LogP contribution < -0.4 is 5.32 Å². The van der Waals surface area contributed by atoms with Gasteiger partial charge in [0.1, 0.15) is 0 Å². The highest BCUT2D eigenvalue weighted by atomic mass is 15.2. The van der Waals surface area contributed by atoms with Crippen LogP contribution in [0.15, 0.2) is 0 Å². The number of fused-ring (bicyclic) bond motifs is 1. The van der Waals surface area contributed by atoms with Crippen LogP contribution in [0.5, 0.6) is 0 Å². The summed E-state index contributed by atoms with van der Waals surface area (Å²) < 4.78 is 0. The molecule has 2 heterocycles. The number of hydrogen-bond donors (Lipinski definition) is 1. The van der Waals surface area contributed by atoms with E-state index in [2.05, 4.69) is 37.9 Å². The van der Waals surface area contributed by atoms with Crippen LogP contribution in [-0.2, 0) is 0 Å². The lowest BCUT2D eigenvalue weighted by Gasteiger charge is -2.32. The van der Waals surface area contributed by atoms with Crippen molar-refractivity contribution in [2.45, 2.75) is 59.0 Å². The smallest absolute Gasteiger partial charge is 0.0140 e. The van der Waals surface area contributed by atoms with Gasteiger partial charge in [-0.1, -0.05) is 20.8 Å².